The third-order valence-corrected chi connectivity index (χ3v) is 5.13. The van der Waals surface area contributed by atoms with E-state index >= 15 is 0 Å². The van der Waals surface area contributed by atoms with E-state index in [1.165, 1.54) is 4.90 Å². The molecule has 0 amide bonds. The van der Waals surface area contributed by atoms with E-state index in [-0.39, 0.29) is 16.8 Å². The van der Waals surface area contributed by atoms with Crippen molar-refractivity contribution in [1.82, 2.24) is 0 Å². The third-order valence-electron chi connectivity index (χ3n) is 3.10. The van der Waals surface area contributed by atoms with Gasteiger partial charge in [-0.15, -0.1) is 23.4 Å². The maximum Gasteiger partial charge on any atom is 0.0724 e. The molecule has 1 aromatic rings. The standard InChI is InChI=1S/C15H23ClOS/c1-4-8-13(14(17)15(2,3)11-16)18-12-9-6-5-7-10-12/h5-7,9-10,13-14,17H,4,8,11H2,1-3H3/t13-,14+/m0/s1. The van der Waals surface area contributed by atoms with E-state index in [2.05, 4.69) is 19.1 Å². The van der Waals surface area contributed by atoms with Crippen molar-refractivity contribution < 1.29 is 5.11 Å². The second-order valence-electron chi connectivity index (χ2n) is 5.33. The number of thioether (sulfide) groups is 1. The van der Waals surface area contributed by atoms with Gasteiger partial charge in [-0.05, 0) is 18.6 Å². The summed E-state index contributed by atoms with van der Waals surface area (Å²) in [5.74, 6) is 0.476. The van der Waals surface area contributed by atoms with E-state index < -0.39 is 0 Å². The van der Waals surface area contributed by atoms with Crippen LogP contribution in [0.1, 0.15) is 33.6 Å². The molecule has 0 saturated heterocycles. The molecule has 0 aliphatic rings. The first kappa shape index (κ1) is 15.9. The SMILES string of the molecule is CCC[C@H](Sc1ccccc1)[C@@H](O)C(C)(C)CCl. The zero-order chi connectivity index (χ0) is 13.6. The van der Waals surface area contributed by atoms with Gasteiger partial charge in [0, 0.05) is 21.4 Å². The topological polar surface area (TPSA) is 20.2 Å². The molecule has 0 aromatic heterocycles. The van der Waals surface area contributed by atoms with E-state index in [4.69, 9.17) is 11.6 Å². The molecule has 18 heavy (non-hydrogen) atoms. The largest absolute Gasteiger partial charge is 0.391 e. The third kappa shape index (κ3) is 4.49. The van der Waals surface area contributed by atoms with Crippen LogP contribution in [-0.4, -0.2) is 22.3 Å². The highest BCUT2D eigenvalue weighted by Crippen LogP contribution is 2.36. The molecule has 0 spiro atoms. The molecule has 0 saturated carbocycles. The Morgan fingerprint density at radius 3 is 2.39 bits per heavy atom. The van der Waals surface area contributed by atoms with Crippen LogP contribution in [0.2, 0.25) is 0 Å². The average molecular weight is 287 g/mol. The molecule has 2 atom stereocenters. The molecule has 0 heterocycles. The molecule has 1 rings (SSSR count). The predicted octanol–water partition coefficient (Wildman–Crippen LogP) is 4.57. The van der Waals surface area contributed by atoms with E-state index in [0.717, 1.165) is 12.8 Å². The Hall–Kier alpha value is -0.180. The number of hydrogen-bond acceptors (Lipinski definition) is 2. The summed E-state index contributed by atoms with van der Waals surface area (Å²) in [6, 6.07) is 10.3. The van der Waals surface area contributed by atoms with Crippen molar-refractivity contribution in [2.75, 3.05) is 5.88 Å². The molecule has 1 nitrogen and oxygen atoms in total. The van der Waals surface area contributed by atoms with Crippen molar-refractivity contribution >= 4 is 23.4 Å². The van der Waals surface area contributed by atoms with Crippen LogP contribution in [0.4, 0.5) is 0 Å². The second-order valence-corrected chi connectivity index (χ2v) is 6.90. The minimum atomic E-state index is -0.389. The summed E-state index contributed by atoms with van der Waals surface area (Å²) in [5.41, 5.74) is -0.247. The van der Waals surface area contributed by atoms with Crippen LogP contribution >= 0.6 is 23.4 Å². The summed E-state index contributed by atoms with van der Waals surface area (Å²) >= 11 is 7.72. The zero-order valence-electron chi connectivity index (χ0n) is 11.4. The lowest BCUT2D eigenvalue weighted by Crippen LogP contribution is -2.39. The number of alkyl halides is 1. The summed E-state index contributed by atoms with van der Waals surface area (Å²) < 4.78 is 0. The van der Waals surface area contributed by atoms with Crippen molar-refractivity contribution in [3.63, 3.8) is 0 Å². The average Bonchev–Trinajstić information content (AvgIpc) is 2.38. The Bertz CT molecular complexity index is 340. The first-order valence-electron chi connectivity index (χ1n) is 6.47. The monoisotopic (exact) mass is 286 g/mol. The molecule has 0 bridgehead atoms. The lowest BCUT2D eigenvalue weighted by atomic mass is 9.85. The molecular weight excluding hydrogens is 264 g/mol. The number of aliphatic hydroxyl groups excluding tert-OH is 1. The van der Waals surface area contributed by atoms with Gasteiger partial charge in [-0.2, -0.15) is 0 Å². The van der Waals surface area contributed by atoms with Crippen LogP contribution < -0.4 is 0 Å². The summed E-state index contributed by atoms with van der Waals surface area (Å²) in [6.45, 7) is 6.21. The fourth-order valence-corrected chi connectivity index (χ4v) is 3.49. The Morgan fingerprint density at radius 2 is 1.89 bits per heavy atom. The number of halogens is 1. The van der Waals surface area contributed by atoms with Crippen LogP contribution in [0.25, 0.3) is 0 Å². The maximum atomic E-state index is 10.5. The van der Waals surface area contributed by atoms with Crippen LogP contribution in [0.15, 0.2) is 35.2 Å². The van der Waals surface area contributed by atoms with E-state index in [1.807, 2.05) is 32.0 Å². The molecule has 0 radical (unpaired) electrons. The minimum Gasteiger partial charge on any atom is -0.391 e. The van der Waals surface area contributed by atoms with Gasteiger partial charge >= 0.3 is 0 Å². The van der Waals surface area contributed by atoms with Crippen molar-refractivity contribution in [2.45, 2.75) is 49.9 Å². The zero-order valence-corrected chi connectivity index (χ0v) is 13.0. The Labute approximate surface area is 120 Å². The molecule has 1 aromatic carbocycles. The summed E-state index contributed by atoms with van der Waals surface area (Å²) in [7, 11) is 0. The minimum absolute atomic E-state index is 0.200. The molecule has 1 N–H and O–H groups in total. The molecule has 0 fully saturated rings. The number of rotatable bonds is 7. The van der Waals surface area contributed by atoms with E-state index in [9.17, 15) is 5.11 Å². The molecule has 0 aliphatic heterocycles. The van der Waals surface area contributed by atoms with Crippen molar-refractivity contribution in [1.29, 1.82) is 0 Å². The Morgan fingerprint density at radius 1 is 1.28 bits per heavy atom. The Balaban J connectivity index is 2.76. The predicted molar refractivity (Wildman–Crippen MR) is 81.5 cm³/mol. The lowest BCUT2D eigenvalue weighted by molar-refractivity contribution is 0.0614. The molecule has 0 aliphatic carbocycles. The van der Waals surface area contributed by atoms with Crippen molar-refractivity contribution in [3.8, 4) is 0 Å². The van der Waals surface area contributed by atoms with E-state index in [1.54, 1.807) is 11.8 Å². The molecular formula is C15H23ClOS. The lowest BCUT2D eigenvalue weighted by Gasteiger charge is -2.34. The summed E-state index contributed by atoms with van der Waals surface area (Å²) in [6.07, 6.45) is 1.68. The van der Waals surface area contributed by atoms with Gasteiger partial charge in [-0.25, -0.2) is 0 Å². The molecule has 0 unspecified atom stereocenters. The second kappa shape index (κ2) is 7.42. The van der Waals surface area contributed by atoms with Gasteiger partial charge in [0.15, 0.2) is 0 Å². The normalized spacial score (nSPS) is 15.4. The molecule has 102 valence electrons. The van der Waals surface area contributed by atoms with Crippen LogP contribution in [0, 0.1) is 5.41 Å². The fourth-order valence-electron chi connectivity index (χ4n) is 1.82. The van der Waals surface area contributed by atoms with Gasteiger partial charge in [-0.1, -0.05) is 45.4 Å². The number of aliphatic hydroxyl groups is 1. The fraction of sp³-hybridized carbons (Fsp3) is 0.600. The van der Waals surface area contributed by atoms with Gasteiger partial charge in [0.05, 0.1) is 6.10 Å². The van der Waals surface area contributed by atoms with Gasteiger partial charge in [-0.3, -0.25) is 0 Å². The van der Waals surface area contributed by atoms with Crippen LogP contribution in [0.5, 0.6) is 0 Å². The smallest absolute Gasteiger partial charge is 0.0724 e. The van der Waals surface area contributed by atoms with Crippen LogP contribution in [0.3, 0.4) is 0 Å². The highest BCUT2D eigenvalue weighted by atomic mass is 35.5. The van der Waals surface area contributed by atoms with Gasteiger partial charge in [0.2, 0.25) is 0 Å². The first-order chi connectivity index (χ1) is 8.51. The van der Waals surface area contributed by atoms with E-state index in [0.29, 0.717) is 5.88 Å². The van der Waals surface area contributed by atoms with Gasteiger partial charge in [0.1, 0.15) is 0 Å². The maximum absolute atomic E-state index is 10.5. The van der Waals surface area contributed by atoms with Gasteiger partial charge < -0.3 is 5.11 Å². The van der Waals surface area contributed by atoms with Crippen molar-refractivity contribution in [2.24, 2.45) is 5.41 Å². The highest BCUT2D eigenvalue weighted by molar-refractivity contribution is 8.00. The molecule has 3 heteroatoms. The quantitative estimate of drug-likeness (QED) is 0.585. The van der Waals surface area contributed by atoms with Crippen LogP contribution in [-0.2, 0) is 0 Å². The van der Waals surface area contributed by atoms with Crippen molar-refractivity contribution in [3.05, 3.63) is 30.3 Å². The number of hydrogen-bond donors (Lipinski definition) is 1. The Kier molecular flexibility index (Phi) is 6.54. The summed E-state index contributed by atoms with van der Waals surface area (Å²) in [4.78, 5) is 1.21. The number of benzene rings is 1. The van der Waals surface area contributed by atoms with Gasteiger partial charge in [0.25, 0.3) is 0 Å². The first-order valence-corrected chi connectivity index (χ1v) is 7.88. The highest BCUT2D eigenvalue weighted by Gasteiger charge is 2.33. The summed E-state index contributed by atoms with van der Waals surface area (Å²) in [5, 5.41) is 10.7.